The number of benzene rings is 2. The highest BCUT2D eigenvalue weighted by molar-refractivity contribution is 6.01. The molecule has 0 radical (unpaired) electrons. The minimum Gasteiger partial charge on any atom is -0.497 e. The molecule has 2 aromatic carbocycles. The van der Waals surface area contributed by atoms with Crippen molar-refractivity contribution in [3.8, 4) is 5.75 Å². The molecular formula is C24H25F3N2O3. The van der Waals surface area contributed by atoms with Crippen molar-refractivity contribution in [1.82, 2.24) is 4.90 Å². The number of halogens is 3. The van der Waals surface area contributed by atoms with Gasteiger partial charge in [0.2, 0.25) is 5.91 Å². The van der Waals surface area contributed by atoms with Crippen molar-refractivity contribution in [2.75, 3.05) is 13.7 Å². The smallest absolute Gasteiger partial charge is 0.416 e. The normalized spacial score (nSPS) is 18.5. The maximum Gasteiger partial charge on any atom is 0.416 e. The summed E-state index contributed by atoms with van der Waals surface area (Å²) in [4.78, 5) is 20.2. The Balaban J connectivity index is 1.45. The SMILES string of the molecule is COc1ccc(C2=NO[C@H](CN(Cc3cccc(C(F)(F)F)c3)C(=O)C3CCC3)C2)cc1. The van der Waals surface area contributed by atoms with Crippen molar-refractivity contribution in [3.63, 3.8) is 0 Å². The van der Waals surface area contributed by atoms with E-state index >= 15 is 0 Å². The van der Waals surface area contributed by atoms with E-state index in [0.717, 1.165) is 48.4 Å². The highest BCUT2D eigenvalue weighted by atomic mass is 19.4. The molecule has 0 unspecified atom stereocenters. The molecule has 170 valence electrons. The van der Waals surface area contributed by atoms with Crippen molar-refractivity contribution >= 4 is 11.6 Å². The van der Waals surface area contributed by atoms with Crippen LogP contribution in [0.3, 0.4) is 0 Å². The lowest BCUT2D eigenvalue weighted by Crippen LogP contribution is -2.42. The third-order valence-corrected chi connectivity index (χ3v) is 5.97. The second-order valence-corrected chi connectivity index (χ2v) is 8.24. The van der Waals surface area contributed by atoms with E-state index in [1.54, 1.807) is 18.1 Å². The molecule has 1 fully saturated rings. The molecule has 1 aliphatic carbocycles. The van der Waals surface area contributed by atoms with E-state index in [1.165, 1.54) is 6.07 Å². The molecule has 0 saturated heterocycles. The molecule has 4 rings (SSSR count). The number of alkyl halides is 3. The first kappa shape index (κ1) is 22.2. The van der Waals surface area contributed by atoms with Crippen LogP contribution in [0.5, 0.6) is 5.75 Å². The Morgan fingerprint density at radius 2 is 1.94 bits per heavy atom. The van der Waals surface area contributed by atoms with Crippen molar-refractivity contribution in [2.24, 2.45) is 11.1 Å². The van der Waals surface area contributed by atoms with Crippen molar-refractivity contribution in [3.05, 3.63) is 65.2 Å². The zero-order valence-electron chi connectivity index (χ0n) is 17.8. The molecule has 0 bridgehead atoms. The van der Waals surface area contributed by atoms with Gasteiger partial charge in [-0.1, -0.05) is 23.7 Å². The molecule has 8 heteroatoms. The van der Waals surface area contributed by atoms with Crippen LogP contribution in [0.25, 0.3) is 0 Å². The van der Waals surface area contributed by atoms with Gasteiger partial charge >= 0.3 is 6.18 Å². The Hall–Kier alpha value is -3.03. The van der Waals surface area contributed by atoms with Gasteiger partial charge in [-0.2, -0.15) is 13.2 Å². The van der Waals surface area contributed by atoms with Crippen LogP contribution >= 0.6 is 0 Å². The first-order chi connectivity index (χ1) is 15.3. The van der Waals surface area contributed by atoms with Gasteiger partial charge in [-0.25, -0.2) is 0 Å². The predicted molar refractivity (Wildman–Crippen MR) is 113 cm³/mol. The predicted octanol–water partition coefficient (Wildman–Crippen LogP) is 5.04. The first-order valence-electron chi connectivity index (χ1n) is 10.7. The summed E-state index contributed by atoms with van der Waals surface area (Å²) in [5.41, 5.74) is 1.41. The minimum absolute atomic E-state index is 0.0323. The zero-order valence-corrected chi connectivity index (χ0v) is 17.8. The van der Waals surface area contributed by atoms with E-state index in [-0.39, 0.29) is 31.0 Å². The first-order valence-corrected chi connectivity index (χ1v) is 10.7. The largest absolute Gasteiger partial charge is 0.497 e. The Morgan fingerprint density at radius 1 is 1.19 bits per heavy atom. The Kier molecular flexibility index (Phi) is 6.39. The van der Waals surface area contributed by atoms with Crippen LogP contribution in [0, 0.1) is 5.92 Å². The second-order valence-electron chi connectivity index (χ2n) is 8.24. The number of amides is 1. The number of rotatable bonds is 7. The lowest BCUT2D eigenvalue weighted by molar-refractivity contribution is -0.140. The number of oxime groups is 1. The van der Waals surface area contributed by atoms with Gasteiger partial charge in [0.25, 0.3) is 0 Å². The zero-order chi connectivity index (χ0) is 22.7. The van der Waals surface area contributed by atoms with Crippen LogP contribution in [0.15, 0.2) is 53.7 Å². The fourth-order valence-electron chi connectivity index (χ4n) is 3.94. The Morgan fingerprint density at radius 3 is 2.56 bits per heavy atom. The molecule has 1 amide bonds. The fourth-order valence-corrected chi connectivity index (χ4v) is 3.94. The molecule has 1 atom stereocenters. The van der Waals surface area contributed by atoms with Gasteiger partial charge in [-0.15, -0.1) is 0 Å². The molecule has 1 saturated carbocycles. The number of carbonyl (C=O) groups excluding carboxylic acids is 1. The summed E-state index contributed by atoms with van der Waals surface area (Å²) in [5, 5.41) is 4.18. The second kappa shape index (κ2) is 9.22. The van der Waals surface area contributed by atoms with Gasteiger partial charge in [0.05, 0.1) is 24.9 Å². The standard InChI is InChI=1S/C24H25F3N2O3/c1-31-20-10-8-17(9-11-20)22-13-21(32-28-22)15-29(23(30)18-5-3-6-18)14-16-4-2-7-19(12-16)24(25,26)27/h2,4,7-12,18,21H,3,5-6,13-15H2,1H3/t21-/m0/s1. The van der Waals surface area contributed by atoms with Crippen LogP contribution in [0.1, 0.15) is 42.4 Å². The average molecular weight is 446 g/mol. The van der Waals surface area contributed by atoms with Crippen LogP contribution in [0.4, 0.5) is 13.2 Å². The molecule has 1 aliphatic heterocycles. The van der Waals surface area contributed by atoms with Gasteiger partial charge in [-0.05, 0) is 60.4 Å². The van der Waals surface area contributed by atoms with E-state index < -0.39 is 11.7 Å². The Labute approximate surface area is 184 Å². The summed E-state index contributed by atoms with van der Waals surface area (Å²) in [6, 6.07) is 12.6. The molecule has 1 heterocycles. The summed E-state index contributed by atoms with van der Waals surface area (Å²) in [5.74, 6) is 0.641. The van der Waals surface area contributed by atoms with E-state index in [4.69, 9.17) is 9.57 Å². The van der Waals surface area contributed by atoms with Crippen LogP contribution in [-0.2, 0) is 22.4 Å². The van der Waals surface area contributed by atoms with E-state index in [0.29, 0.717) is 12.0 Å². The average Bonchev–Trinajstić information content (AvgIpc) is 3.20. The lowest BCUT2D eigenvalue weighted by atomic mass is 9.84. The maximum atomic E-state index is 13.1. The van der Waals surface area contributed by atoms with Gasteiger partial charge < -0.3 is 14.5 Å². The lowest BCUT2D eigenvalue weighted by Gasteiger charge is -2.32. The molecule has 32 heavy (non-hydrogen) atoms. The van der Waals surface area contributed by atoms with E-state index in [1.807, 2.05) is 24.3 Å². The minimum atomic E-state index is -4.42. The monoisotopic (exact) mass is 446 g/mol. The molecule has 0 aromatic heterocycles. The number of ether oxygens (including phenoxy) is 1. The number of nitrogens with zero attached hydrogens (tertiary/aromatic N) is 2. The molecular weight excluding hydrogens is 421 g/mol. The van der Waals surface area contributed by atoms with Crippen molar-refractivity contribution < 1.29 is 27.5 Å². The number of methoxy groups -OCH3 is 1. The van der Waals surface area contributed by atoms with Crippen LogP contribution in [-0.4, -0.2) is 36.3 Å². The quantitative estimate of drug-likeness (QED) is 0.599. The summed E-state index contributed by atoms with van der Waals surface area (Å²) < 4.78 is 44.5. The number of hydrogen-bond donors (Lipinski definition) is 0. The van der Waals surface area contributed by atoms with E-state index in [2.05, 4.69) is 5.16 Å². The Bertz CT molecular complexity index is 985. The van der Waals surface area contributed by atoms with Crippen LogP contribution in [0.2, 0.25) is 0 Å². The highest BCUT2D eigenvalue weighted by Gasteiger charge is 2.34. The van der Waals surface area contributed by atoms with Crippen molar-refractivity contribution in [1.29, 1.82) is 0 Å². The third-order valence-electron chi connectivity index (χ3n) is 5.97. The summed E-state index contributed by atoms with van der Waals surface area (Å²) in [6.45, 7) is 0.381. The highest BCUT2D eigenvalue weighted by Crippen LogP contribution is 2.32. The molecule has 0 spiro atoms. The fraction of sp³-hybridized carbons (Fsp3) is 0.417. The third kappa shape index (κ3) is 5.06. The van der Waals surface area contributed by atoms with Crippen molar-refractivity contribution in [2.45, 2.75) is 44.5 Å². The van der Waals surface area contributed by atoms with Gasteiger partial charge in [0, 0.05) is 18.9 Å². The van der Waals surface area contributed by atoms with Crippen LogP contribution < -0.4 is 4.74 Å². The van der Waals surface area contributed by atoms with Gasteiger partial charge in [0.15, 0.2) is 6.10 Å². The van der Waals surface area contributed by atoms with Gasteiger partial charge in [-0.3, -0.25) is 4.79 Å². The summed E-state index contributed by atoms with van der Waals surface area (Å²) in [7, 11) is 1.60. The maximum absolute atomic E-state index is 13.1. The summed E-state index contributed by atoms with van der Waals surface area (Å²) in [6.07, 6.45) is -1.62. The number of carbonyl (C=O) groups is 1. The van der Waals surface area contributed by atoms with Gasteiger partial charge in [0.1, 0.15) is 5.75 Å². The number of hydrogen-bond acceptors (Lipinski definition) is 4. The molecule has 0 N–H and O–H groups in total. The molecule has 2 aromatic rings. The molecule has 5 nitrogen and oxygen atoms in total. The topological polar surface area (TPSA) is 51.1 Å². The van der Waals surface area contributed by atoms with E-state index in [9.17, 15) is 18.0 Å². The summed E-state index contributed by atoms with van der Waals surface area (Å²) >= 11 is 0. The molecule has 2 aliphatic rings.